The van der Waals surface area contributed by atoms with E-state index in [4.69, 9.17) is 5.11 Å². The molecule has 8 heteroatoms. The van der Waals surface area contributed by atoms with Crippen molar-refractivity contribution < 1.29 is 23.1 Å². The lowest BCUT2D eigenvalue weighted by molar-refractivity contribution is -0.147. The molecule has 0 bridgehead atoms. The normalized spacial score (nSPS) is 12.2. The SMILES string of the molecule is CCN(CC)S(=O)(=O)c1ccc(C)c(C(=O)NCCC(C)(C)C(=O)O)c1. The number of nitrogens with one attached hydrogen (secondary N) is 1. The fourth-order valence-electron chi connectivity index (χ4n) is 2.41. The van der Waals surface area contributed by atoms with Gasteiger partial charge in [-0.1, -0.05) is 19.9 Å². The van der Waals surface area contributed by atoms with E-state index in [2.05, 4.69) is 5.32 Å². The molecule has 0 aliphatic heterocycles. The molecule has 0 spiro atoms. The first-order valence-corrected chi connectivity index (χ1v) is 10.0. The van der Waals surface area contributed by atoms with Gasteiger partial charge in [-0.05, 0) is 44.9 Å². The maximum atomic E-state index is 12.6. The van der Waals surface area contributed by atoms with Gasteiger partial charge in [-0.2, -0.15) is 4.31 Å². The Labute approximate surface area is 155 Å². The van der Waals surface area contributed by atoms with E-state index in [1.54, 1.807) is 40.7 Å². The fourth-order valence-corrected chi connectivity index (χ4v) is 3.89. The van der Waals surface area contributed by atoms with Crippen molar-refractivity contribution in [1.82, 2.24) is 9.62 Å². The minimum atomic E-state index is -3.65. The molecule has 146 valence electrons. The summed E-state index contributed by atoms with van der Waals surface area (Å²) in [5, 5.41) is 11.8. The third kappa shape index (κ3) is 5.04. The number of carboxylic acids is 1. The first-order chi connectivity index (χ1) is 12.0. The van der Waals surface area contributed by atoms with E-state index >= 15 is 0 Å². The Kier molecular flexibility index (Phi) is 7.35. The molecule has 0 aromatic heterocycles. The zero-order chi connectivity index (χ0) is 20.1. The van der Waals surface area contributed by atoms with Gasteiger partial charge in [-0.3, -0.25) is 9.59 Å². The molecular formula is C18H28N2O5S. The van der Waals surface area contributed by atoms with Gasteiger partial charge < -0.3 is 10.4 Å². The average Bonchev–Trinajstić information content (AvgIpc) is 2.55. The number of aryl methyl sites for hydroxylation is 1. The summed E-state index contributed by atoms with van der Waals surface area (Å²) in [6.07, 6.45) is 0.268. The molecule has 0 atom stereocenters. The molecule has 0 unspecified atom stereocenters. The maximum Gasteiger partial charge on any atom is 0.309 e. The second kappa shape index (κ2) is 8.64. The van der Waals surface area contributed by atoms with Gasteiger partial charge in [-0.15, -0.1) is 0 Å². The lowest BCUT2D eigenvalue weighted by Crippen LogP contribution is -2.33. The first-order valence-electron chi connectivity index (χ1n) is 8.59. The Bertz CT molecular complexity index is 768. The number of benzene rings is 1. The molecule has 0 saturated heterocycles. The number of carbonyl (C=O) groups is 2. The van der Waals surface area contributed by atoms with E-state index < -0.39 is 27.3 Å². The number of hydrogen-bond acceptors (Lipinski definition) is 4. The van der Waals surface area contributed by atoms with Crippen LogP contribution in [-0.2, 0) is 14.8 Å². The van der Waals surface area contributed by atoms with Crippen LogP contribution < -0.4 is 5.32 Å². The van der Waals surface area contributed by atoms with Gasteiger partial charge in [-0.25, -0.2) is 8.42 Å². The van der Waals surface area contributed by atoms with Gasteiger partial charge in [0.15, 0.2) is 0 Å². The molecule has 0 heterocycles. The second-order valence-corrected chi connectivity index (χ2v) is 8.70. The standard InChI is InChI=1S/C18H28N2O5S/c1-6-20(7-2)26(24,25)14-9-8-13(3)15(12-14)16(21)19-11-10-18(4,5)17(22)23/h8-9,12H,6-7,10-11H2,1-5H3,(H,19,21)(H,22,23). The number of rotatable bonds is 9. The van der Waals surface area contributed by atoms with Crippen molar-refractivity contribution in [3.05, 3.63) is 29.3 Å². The summed E-state index contributed by atoms with van der Waals surface area (Å²) in [4.78, 5) is 23.6. The lowest BCUT2D eigenvalue weighted by atomic mass is 9.89. The average molecular weight is 384 g/mol. The van der Waals surface area contributed by atoms with E-state index in [1.807, 2.05) is 0 Å². The molecule has 0 aliphatic rings. The molecule has 0 aliphatic carbocycles. The molecule has 1 aromatic rings. The van der Waals surface area contributed by atoms with E-state index in [1.165, 1.54) is 16.4 Å². The minimum Gasteiger partial charge on any atom is -0.481 e. The topological polar surface area (TPSA) is 104 Å². The smallest absolute Gasteiger partial charge is 0.309 e. The molecule has 0 fully saturated rings. The maximum absolute atomic E-state index is 12.6. The van der Waals surface area contributed by atoms with Crippen LogP contribution in [0, 0.1) is 12.3 Å². The number of aliphatic carboxylic acids is 1. The van der Waals surface area contributed by atoms with Crippen LogP contribution in [0.5, 0.6) is 0 Å². The van der Waals surface area contributed by atoms with Crippen molar-refractivity contribution in [2.75, 3.05) is 19.6 Å². The zero-order valence-corrected chi connectivity index (χ0v) is 16.8. The quantitative estimate of drug-likeness (QED) is 0.680. The van der Waals surface area contributed by atoms with Crippen LogP contribution in [0.1, 0.15) is 50.0 Å². The van der Waals surface area contributed by atoms with Crippen LogP contribution in [0.15, 0.2) is 23.1 Å². The Morgan fingerprint density at radius 3 is 2.27 bits per heavy atom. The van der Waals surface area contributed by atoms with Crippen LogP contribution in [0.4, 0.5) is 0 Å². The Morgan fingerprint density at radius 2 is 1.77 bits per heavy atom. The van der Waals surface area contributed by atoms with Gasteiger partial charge in [0, 0.05) is 25.2 Å². The summed E-state index contributed by atoms with van der Waals surface area (Å²) < 4.78 is 26.6. The van der Waals surface area contributed by atoms with Crippen LogP contribution in [0.2, 0.25) is 0 Å². The van der Waals surface area contributed by atoms with Gasteiger partial charge in [0.2, 0.25) is 10.0 Å². The Morgan fingerprint density at radius 1 is 1.19 bits per heavy atom. The Balaban J connectivity index is 3.00. The summed E-state index contributed by atoms with van der Waals surface area (Å²) in [5.74, 6) is -1.35. The summed E-state index contributed by atoms with van der Waals surface area (Å²) >= 11 is 0. The Hall–Kier alpha value is -1.93. The van der Waals surface area contributed by atoms with Crippen molar-refractivity contribution in [2.45, 2.75) is 45.9 Å². The van der Waals surface area contributed by atoms with E-state index in [9.17, 15) is 18.0 Å². The fraction of sp³-hybridized carbons (Fsp3) is 0.556. The van der Waals surface area contributed by atoms with E-state index in [0.29, 0.717) is 18.7 Å². The third-order valence-corrected chi connectivity index (χ3v) is 6.46. The lowest BCUT2D eigenvalue weighted by Gasteiger charge is -2.20. The van der Waals surface area contributed by atoms with Gasteiger partial charge in [0.1, 0.15) is 0 Å². The van der Waals surface area contributed by atoms with E-state index in [-0.39, 0.29) is 23.4 Å². The number of carboxylic acid groups (broad SMARTS) is 1. The number of hydrogen-bond donors (Lipinski definition) is 2. The molecule has 0 saturated carbocycles. The first kappa shape index (κ1) is 22.1. The van der Waals surface area contributed by atoms with Crippen molar-refractivity contribution >= 4 is 21.9 Å². The molecule has 0 radical (unpaired) electrons. The van der Waals surface area contributed by atoms with Gasteiger partial charge in [0.25, 0.3) is 5.91 Å². The zero-order valence-electron chi connectivity index (χ0n) is 16.0. The highest BCUT2D eigenvalue weighted by molar-refractivity contribution is 7.89. The van der Waals surface area contributed by atoms with Crippen molar-refractivity contribution in [2.24, 2.45) is 5.41 Å². The van der Waals surface area contributed by atoms with Crippen molar-refractivity contribution in [3.63, 3.8) is 0 Å². The summed E-state index contributed by atoms with van der Waals surface area (Å²) in [6.45, 7) is 9.29. The number of nitrogens with zero attached hydrogens (tertiary/aromatic N) is 1. The number of sulfonamides is 1. The highest BCUT2D eigenvalue weighted by Crippen LogP contribution is 2.21. The third-order valence-electron chi connectivity index (χ3n) is 4.41. The highest BCUT2D eigenvalue weighted by Gasteiger charge is 2.27. The molecule has 2 N–H and O–H groups in total. The highest BCUT2D eigenvalue weighted by atomic mass is 32.2. The predicted molar refractivity (Wildman–Crippen MR) is 99.7 cm³/mol. The molecule has 1 rings (SSSR count). The molecule has 1 amide bonds. The predicted octanol–water partition coefficient (Wildman–Crippen LogP) is 2.26. The van der Waals surface area contributed by atoms with Crippen LogP contribution in [-0.4, -0.2) is 49.3 Å². The number of carbonyl (C=O) groups excluding carboxylic acids is 1. The molecular weight excluding hydrogens is 356 g/mol. The van der Waals surface area contributed by atoms with Crippen LogP contribution in [0.25, 0.3) is 0 Å². The molecule has 26 heavy (non-hydrogen) atoms. The van der Waals surface area contributed by atoms with Crippen LogP contribution in [0.3, 0.4) is 0 Å². The van der Waals surface area contributed by atoms with Gasteiger partial charge in [0.05, 0.1) is 10.3 Å². The van der Waals surface area contributed by atoms with E-state index in [0.717, 1.165) is 0 Å². The monoisotopic (exact) mass is 384 g/mol. The molecule has 7 nitrogen and oxygen atoms in total. The van der Waals surface area contributed by atoms with Gasteiger partial charge >= 0.3 is 5.97 Å². The van der Waals surface area contributed by atoms with Crippen molar-refractivity contribution in [3.8, 4) is 0 Å². The summed E-state index contributed by atoms with van der Waals surface area (Å²) in [6, 6.07) is 4.47. The molecule has 1 aromatic carbocycles. The van der Waals surface area contributed by atoms with Crippen LogP contribution >= 0.6 is 0 Å². The van der Waals surface area contributed by atoms with Crippen molar-refractivity contribution in [1.29, 1.82) is 0 Å². The summed E-state index contributed by atoms with van der Waals surface area (Å²) in [5.41, 5.74) is -0.0270. The second-order valence-electron chi connectivity index (χ2n) is 6.76. The largest absolute Gasteiger partial charge is 0.481 e. The number of amides is 1. The minimum absolute atomic E-state index is 0.0721. The summed E-state index contributed by atoms with van der Waals surface area (Å²) in [7, 11) is -3.65.